The highest BCUT2D eigenvalue weighted by Crippen LogP contribution is 2.29. The largest absolute Gasteiger partial charge is 0.455 e. The number of anilines is 1. The van der Waals surface area contributed by atoms with Crippen LogP contribution in [0.25, 0.3) is 6.08 Å². The van der Waals surface area contributed by atoms with Gasteiger partial charge >= 0.3 is 17.9 Å². The minimum Gasteiger partial charge on any atom is -0.455 e. The molecule has 0 saturated carbocycles. The van der Waals surface area contributed by atoms with Crippen molar-refractivity contribution in [1.29, 1.82) is 0 Å². The molecule has 0 spiro atoms. The number of carbonyl (C=O) groups excluding carboxylic acids is 4. The number of carbonyl (C=O) groups is 4. The van der Waals surface area contributed by atoms with Crippen LogP contribution in [0, 0.1) is 0 Å². The van der Waals surface area contributed by atoms with Crippen molar-refractivity contribution in [2.45, 2.75) is 82.6 Å². The Balaban J connectivity index is 1.68. The van der Waals surface area contributed by atoms with Gasteiger partial charge in [0.05, 0.1) is 16.8 Å². The third-order valence-electron chi connectivity index (χ3n) is 6.79. The van der Waals surface area contributed by atoms with Crippen LogP contribution in [0.5, 0.6) is 0 Å². The molecule has 1 aliphatic rings. The lowest BCUT2D eigenvalue weighted by molar-refractivity contribution is -0.312. The van der Waals surface area contributed by atoms with Crippen molar-refractivity contribution >= 4 is 45.4 Å². The molecular formula is C32H40N2O11S. The lowest BCUT2D eigenvalue weighted by Crippen LogP contribution is -2.62. The van der Waals surface area contributed by atoms with Crippen molar-refractivity contribution in [2.75, 3.05) is 17.6 Å². The van der Waals surface area contributed by atoms with Gasteiger partial charge in [-0.1, -0.05) is 51.1 Å². The summed E-state index contributed by atoms with van der Waals surface area (Å²) in [6.45, 7) is 6.48. The second-order valence-electron chi connectivity index (χ2n) is 10.2. The van der Waals surface area contributed by atoms with Crippen LogP contribution >= 0.6 is 0 Å². The maximum Gasteiger partial charge on any atom is 0.306 e. The SMILES string of the molecule is CCC(=O)O[C@H]1[C@H](OC(=O)CC)[C@H](ONC(=O)/C=C/c2cccc(S(=O)(=O)CCNc3ccccc3)c2)O[C@@H](C)[C@H]1OC(=O)CC. The van der Waals surface area contributed by atoms with E-state index in [0.717, 1.165) is 11.8 Å². The van der Waals surface area contributed by atoms with Crippen LogP contribution in [0.1, 0.15) is 52.5 Å². The van der Waals surface area contributed by atoms with E-state index >= 15 is 0 Å². The number of para-hydroxylation sites is 1. The van der Waals surface area contributed by atoms with E-state index in [2.05, 4.69) is 10.8 Å². The molecule has 46 heavy (non-hydrogen) atoms. The van der Waals surface area contributed by atoms with Gasteiger partial charge in [-0.05, 0) is 42.8 Å². The van der Waals surface area contributed by atoms with Gasteiger partial charge in [0, 0.05) is 37.6 Å². The van der Waals surface area contributed by atoms with E-state index in [9.17, 15) is 27.6 Å². The number of nitrogens with one attached hydrogen (secondary N) is 2. The molecule has 2 aromatic rings. The Hall–Kier alpha value is -4.27. The third kappa shape index (κ3) is 10.7. The lowest BCUT2D eigenvalue weighted by atomic mass is 9.99. The molecule has 2 N–H and O–H groups in total. The molecule has 1 heterocycles. The van der Waals surface area contributed by atoms with Gasteiger partial charge < -0.3 is 24.3 Å². The van der Waals surface area contributed by atoms with Crippen LogP contribution < -0.4 is 10.8 Å². The molecule has 13 nitrogen and oxygen atoms in total. The smallest absolute Gasteiger partial charge is 0.306 e. The summed E-state index contributed by atoms with van der Waals surface area (Å²) in [6.07, 6.45) is -3.60. The van der Waals surface area contributed by atoms with Crippen LogP contribution in [0.15, 0.2) is 65.6 Å². The molecule has 3 rings (SSSR count). The van der Waals surface area contributed by atoms with E-state index in [1.54, 1.807) is 39.8 Å². The Morgan fingerprint density at radius 3 is 2.07 bits per heavy atom. The summed E-state index contributed by atoms with van der Waals surface area (Å²) in [6, 6.07) is 15.3. The second-order valence-corrected chi connectivity index (χ2v) is 12.3. The van der Waals surface area contributed by atoms with Crippen molar-refractivity contribution in [2.24, 2.45) is 0 Å². The number of hydrogen-bond acceptors (Lipinski definition) is 12. The first-order valence-electron chi connectivity index (χ1n) is 15.0. The number of rotatable bonds is 15. The third-order valence-corrected chi connectivity index (χ3v) is 8.50. The number of hydroxylamine groups is 1. The normalized spacial score (nSPS) is 21.3. The van der Waals surface area contributed by atoms with Gasteiger partial charge in [-0.2, -0.15) is 0 Å². The molecule has 0 unspecified atom stereocenters. The molecule has 0 aliphatic carbocycles. The van der Waals surface area contributed by atoms with E-state index in [1.165, 1.54) is 18.2 Å². The maximum atomic E-state index is 12.9. The van der Waals surface area contributed by atoms with E-state index in [1.807, 2.05) is 30.3 Å². The van der Waals surface area contributed by atoms with Crippen LogP contribution in [-0.2, 0) is 52.8 Å². The number of ether oxygens (including phenoxy) is 4. The summed E-state index contributed by atoms with van der Waals surface area (Å²) < 4.78 is 48.0. The van der Waals surface area contributed by atoms with Gasteiger partial charge in [-0.3, -0.25) is 19.2 Å². The summed E-state index contributed by atoms with van der Waals surface area (Å²) in [5.74, 6) is -2.79. The minimum absolute atomic E-state index is 0.00520. The summed E-state index contributed by atoms with van der Waals surface area (Å²) in [5.41, 5.74) is 3.44. The zero-order chi connectivity index (χ0) is 33.7. The molecule has 2 aromatic carbocycles. The Kier molecular flexibility index (Phi) is 13.7. The van der Waals surface area contributed by atoms with E-state index in [-0.39, 0.29) is 36.5 Å². The summed E-state index contributed by atoms with van der Waals surface area (Å²) in [5, 5.41) is 3.07. The van der Waals surface area contributed by atoms with E-state index in [4.69, 9.17) is 23.8 Å². The number of hydrogen-bond donors (Lipinski definition) is 2. The Morgan fingerprint density at radius 1 is 0.826 bits per heavy atom. The molecule has 1 saturated heterocycles. The molecule has 0 bridgehead atoms. The molecule has 1 aliphatic heterocycles. The standard InChI is InChI=1S/C32H40N2O11S/c1-5-26(36)42-29-21(4)41-32(31(44-28(38)7-3)30(29)43-27(37)6-2)45-34-25(35)17-16-22-12-11-15-24(20-22)46(39,40)19-18-33-23-13-9-8-10-14-23/h8-17,20-21,29-33H,5-7,18-19H2,1-4H3,(H,34,35)/b17-16+/t21-,29+,30+,31-,32-/m0/s1. The van der Waals surface area contributed by atoms with Gasteiger partial charge in [0.1, 0.15) is 0 Å². The number of amides is 1. The van der Waals surface area contributed by atoms with Crippen molar-refractivity contribution in [1.82, 2.24) is 5.48 Å². The van der Waals surface area contributed by atoms with Gasteiger partial charge in [0.25, 0.3) is 5.91 Å². The molecule has 0 aromatic heterocycles. The van der Waals surface area contributed by atoms with Gasteiger partial charge in [0.15, 0.2) is 28.1 Å². The Morgan fingerprint density at radius 2 is 1.43 bits per heavy atom. The summed E-state index contributed by atoms with van der Waals surface area (Å²) in [4.78, 5) is 54.9. The monoisotopic (exact) mass is 660 g/mol. The number of sulfone groups is 1. The van der Waals surface area contributed by atoms with Crippen molar-refractivity contribution in [3.63, 3.8) is 0 Å². The zero-order valence-corrected chi connectivity index (χ0v) is 27.0. The van der Waals surface area contributed by atoms with Crippen molar-refractivity contribution in [3.05, 3.63) is 66.2 Å². The average Bonchev–Trinajstić information content (AvgIpc) is 3.05. The predicted molar refractivity (Wildman–Crippen MR) is 167 cm³/mol. The van der Waals surface area contributed by atoms with E-state index < -0.39 is 64.4 Å². The molecule has 14 heteroatoms. The van der Waals surface area contributed by atoms with Gasteiger partial charge in [0.2, 0.25) is 6.29 Å². The fourth-order valence-corrected chi connectivity index (χ4v) is 5.54. The Labute approximate surface area is 268 Å². The minimum atomic E-state index is -3.62. The van der Waals surface area contributed by atoms with Crippen LogP contribution in [0.4, 0.5) is 5.69 Å². The topological polar surface area (TPSA) is 173 Å². The predicted octanol–water partition coefficient (Wildman–Crippen LogP) is 3.34. The van der Waals surface area contributed by atoms with E-state index in [0.29, 0.717) is 5.56 Å². The summed E-state index contributed by atoms with van der Waals surface area (Å²) in [7, 11) is -3.62. The van der Waals surface area contributed by atoms with Crippen molar-refractivity contribution in [3.8, 4) is 0 Å². The molecule has 1 amide bonds. The maximum absolute atomic E-state index is 12.9. The molecule has 250 valence electrons. The zero-order valence-electron chi connectivity index (χ0n) is 26.2. The molecule has 0 radical (unpaired) electrons. The molecule has 1 fully saturated rings. The first kappa shape index (κ1) is 36.2. The second kappa shape index (κ2) is 17.4. The van der Waals surface area contributed by atoms with Gasteiger partial charge in [-0.25, -0.2) is 18.7 Å². The molecule has 5 atom stereocenters. The first-order valence-corrected chi connectivity index (χ1v) is 16.6. The first-order chi connectivity index (χ1) is 22.0. The van der Waals surface area contributed by atoms with Crippen molar-refractivity contribution < 1.29 is 51.4 Å². The lowest BCUT2D eigenvalue weighted by Gasteiger charge is -2.43. The Bertz CT molecular complexity index is 1480. The highest BCUT2D eigenvalue weighted by Gasteiger charge is 2.51. The highest BCUT2D eigenvalue weighted by atomic mass is 32.2. The number of benzene rings is 2. The van der Waals surface area contributed by atoms with Crippen LogP contribution in [-0.4, -0.2) is 75.2 Å². The highest BCUT2D eigenvalue weighted by molar-refractivity contribution is 7.91. The quantitative estimate of drug-likeness (QED) is 0.124. The average molecular weight is 661 g/mol. The summed E-state index contributed by atoms with van der Waals surface area (Å²) >= 11 is 0. The fourth-order valence-electron chi connectivity index (χ4n) is 4.33. The fraction of sp³-hybridized carbons (Fsp3) is 0.438. The molecular weight excluding hydrogens is 620 g/mol. The number of esters is 3. The van der Waals surface area contributed by atoms with Crippen LogP contribution in [0.2, 0.25) is 0 Å². The van der Waals surface area contributed by atoms with Crippen LogP contribution in [0.3, 0.4) is 0 Å². The van der Waals surface area contributed by atoms with Gasteiger partial charge in [-0.15, -0.1) is 0 Å².